The van der Waals surface area contributed by atoms with E-state index in [0.29, 0.717) is 5.54 Å². The van der Waals surface area contributed by atoms with Gasteiger partial charge in [-0.25, -0.2) is 0 Å². The highest BCUT2D eigenvalue weighted by Crippen LogP contribution is 2.27. The minimum absolute atomic E-state index is 0.417. The van der Waals surface area contributed by atoms with E-state index in [-0.39, 0.29) is 0 Å². The van der Waals surface area contributed by atoms with Gasteiger partial charge < -0.3 is 0 Å². The molecule has 0 bridgehead atoms. The summed E-state index contributed by atoms with van der Waals surface area (Å²) >= 11 is 0. The normalized spacial score (nSPS) is 27.5. The first-order chi connectivity index (χ1) is 5.58. The van der Waals surface area contributed by atoms with Crippen LogP contribution in [0.2, 0.25) is 0 Å². The maximum Gasteiger partial charge on any atom is 0.0153 e. The molecule has 1 aliphatic heterocycles. The highest BCUT2D eigenvalue weighted by molar-refractivity contribution is 4.86. The summed E-state index contributed by atoms with van der Waals surface area (Å²) in [6.45, 7) is 10.7. The molecule has 1 nitrogen and oxygen atoms in total. The monoisotopic (exact) mass is 169 g/mol. The van der Waals surface area contributed by atoms with Gasteiger partial charge in [-0.3, -0.25) is 4.90 Å². The maximum absolute atomic E-state index is 2.68. The average molecular weight is 169 g/mol. The number of hydrogen-bond donors (Lipinski definition) is 0. The third-order valence-corrected chi connectivity index (χ3v) is 3.45. The van der Waals surface area contributed by atoms with Crippen LogP contribution >= 0.6 is 0 Å². The lowest BCUT2D eigenvalue weighted by Crippen LogP contribution is -2.50. The summed E-state index contributed by atoms with van der Waals surface area (Å²) in [7, 11) is 0. The molecule has 1 rings (SSSR count). The van der Waals surface area contributed by atoms with Crippen molar-refractivity contribution < 1.29 is 0 Å². The molecular weight excluding hydrogens is 146 g/mol. The average Bonchev–Trinajstić information content (AvgIpc) is 2.05. The van der Waals surface area contributed by atoms with Gasteiger partial charge in [0.25, 0.3) is 0 Å². The molecule has 0 aliphatic carbocycles. The fraction of sp³-hybridized carbons (Fsp3) is 1.00. The van der Waals surface area contributed by atoms with Gasteiger partial charge >= 0.3 is 0 Å². The highest BCUT2D eigenvalue weighted by atomic mass is 15.2. The van der Waals surface area contributed by atoms with E-state index >= 15 is 0 Å². The predicted octanol–water partition coefficient (Wildman–Crippen LogP) is 3.05. The van der Waals surface area contributed by atoms with Crippen LogP contribution < -0.4 is 0 Å². The summed E-state index contributed by atoms with van der Waals surface area (Å²) < 4.78 is 0. The molecule has 72 valence electrons. The summed E-state index contributed by atoms with van der Waals surface area (Å²) in [4.78, 5) is 2.68. The molecule has 1 fully saturated rings. The first-order valence-electron chi connectivity index (χ1n) is 5.34. The molecule has 12 heavy (non-hydrogen) atoms. The van der Waals surface area contributed by atoms with Gasteiger partial charge in [-0.1, -0.05) is 13.3 Å². The van der Waals surface area contributed by atoms with Gasteiger partial charge in [0, 0.05) is 11.6 Å². The lowest BCUT2D eigenvalue weighted by atomic mass is 9.92. The summed E-state index contributed by atoms with van der Waals surface area (Å²) in [5.74, 6) is 0. The van der Waals surface area contributed by atoms with Crippen LogP contribution in [-0.4, -0.2) is 23.0 Å². The number of rotatable bonds is 2. The van der Waals surface area contributed by atoms with Gasteiger partial charge in [-0.05, 0) is 46.6 Å². The van der Waals surface area contributed by atoms with Crippen molar-refractivity contribution in [3.8, 4) is 0 Å². The van der Waals surface area contributed by atoms with Crippen molar-refractivity contribution in [1.82, 2.24) is 4.90 Å². The molecule has 0 N–H and O–H groups in total. The minimum Gasteiger partial charge on any atom is -0.296 e. The van der Waals surface area contributed by atoms with Gasteiger partial charge in [0.15, 0.2) is 0 Å². The largest absolute Gasteiger partial charge is 0.296 e. The summed E-state index contributed by atoms with van der Waals surface area (Å²) in [6, 6.07) is 0.800. The Morgan fingerprint density at radius 2 is 2.00 bits per heavy atom. The van der Waals surface area contributed by atoms with E-state index in [4.69, 9.17) is 0 Å². The molecule has 1 atom stereocenters. The van der Waals surface area contributed by atoms with Gasteiger partial charge in [0.1, 0.15) is 0 Å². The van der Waals surface area contributed by atoms with E-state index in [2.05, 4.69) is 32.6 Å². The van der Waals surface area contributed by atoms with Crippen molar-refractivity contribution in [3.05, 3.63) is 0 Å². The van der Waals surface area contributed by atoms with Crippen LogP contribution in [0.15, 0.2) is 0 Å². The van der Waals surface area contributed by atoms with Crippen LogP contribution in [0.4, 0.5) is 0 Å². The third-order valence-electron chi connectivity index (χ3n) is 3.45. The molecule has 1 heterocycles. The zero-order chi connectivity index (χ0) is 9.19. The molecule has 0 aromatic heterocycles. The van der Waals surface area contributed by atoms with Crippen LogP contribution in [0.25, 0.3) is 0 Å². The van der Waals surface area contributed by atoms with Crippen molar-refractivity contribution in [3.63, 3.8) is 0 Å². The third kappa shape index (κ3) is 2.01. The maximum atomic E-state index is 2.68. The Bertz CT molecular complexity index is 140. The van der Waals surface area contributed by atoms with Crippen molar-refractivity contribution in [2.75, 3.05) is 6.54 Å². The smallest absolute Gasteiger partial charge is 0.0153 e. The van der Waals surface area contributed by atoms with E-state index in [1.54, 1.807) is 0 Å². The second kappa shape index (κ2) is 3.78. The van der Waals surface area contributed by atoms with Crippen LogP contribution in [0.5, 0.6) is 0 Å². The second-order valence-electron chi connectivity index (χ2n) is 4.70. The molecule has 1 saturated heterocycles. The molecule has 0 aromatic carbocycles. The van der Waals surface area contributed by atoms with Crippen molar-refractivity contribution >= 4 is 0 Å². The SMILES string of the molecule is CCC(C)(C)N1CCCC[C@@H]1C. The standard InChI is InChI=1S/C11H23N/c1-5-11(3,4)12-9-7-6-8-10(12)2/h10H,5-9H2,1-4H3/t10-/m0/s1. The number of hydrogen-bond acceptors (Lipinski definition) is 1. The van der Waals surface area contributed by atoms with Crippen molar-refractivity contribution in [1.29, 1.82) is 0 Å². The lowest BCUT2D eigenvalue weighted by molar-refractivity contribution is 0.0459. The molecule has 0 radical (unpaired) electrons. The van der Waals surface area contributed by atoms with E-state index < -0.39 is 0 Å². The summed E-state index contributed by atoms with van der Waals surface area (Å²) in [5.41, 5.74) is 0.417. The zero-order valence-corrected chi connectivity index (χ0v) is 9.06. The van der Waals surface area contributed by atoms with E-state index in [1.165, 1.54) is 32.2 Å². The van der Waals surface area contributed by atoms with Gasteiger partial charge in [-0.2, -0.15) is 0 Å². The Morgan fingerprint density at radius 3 is 2.50 bits per heavy atom. The molecule has 1 aliphatic rings. The quantitative estimate of drug-likeness (QED) is 0.614. The molecule has 0 spiro atoms. The van der Waals surface area contributed by atoms with Gasteiger partial charge in [0.05, 0.1) is 0 Å². The topological polar surface area (TPSA) is 3.24 Å². The molecule has 0 saturated carbocycles. The van der Waals surface area contributed by atoms with Crippen LogP contribution in [-0.2, 0) is 0 Å². The Balaban J connectivity index is 2.58. The van der Waals surface area contributed by atoms with Crippen LogP contribution in [0.1, 0.15) is 53.4 Å². The van der Waals surface area contributed by atoms with Crippen LogP contribution in [0.3, 0.4) is 0 Å². The molecule has 0 amide bonds. The van der Waals surface area contributed by atoms with Gasteiger partial charge in [-0.15, -0.1) is 0 Å². The second-order valence-corrected chi connectivity index (χ2v) is 4.70. The number of piperidine rings is 1. The van der Waals surface area contributed by atoms with Crippen LogP contribution in [0, 0.1) is 0 Å². The Labute approximate surface area is 77.1 Å². The van der Waals surface area contributed by atoms with Crippen molar-refractivity contribution in [2.24, 2.45) is 0 Å². The predicted molar refractivity (Wildman–Crippen MR) is 54.4 cm³/mol. The number of nitrogens with zero attached hydrogens (tertiary/aromatic N) is 1. The molecule has 0 unspecified atom stereocenters. The fourth-order valence-electron chi connectivity index (χ4n) is 2.20. The Hall–Kier alpha value is -0.0400. The zero-order valence-electron chi connectivity index (χ0n) is 9.06. The Morgan fingerprint density at radius 1 is 1.33 bits per heavy atom. The fourth-order valence-corrected chi connectivity index (χ4v) is 2.20. The first-order valence-corrected chi connectivity index (χ1v) is 5.34. The van der Waals surface area contributed by atoms with Crippen molar-refractivity contribution in [2.45, 2.75) is 65.0 Å². The molecule has 0 aromatic rings. The molecular formula is C11H23N. The molecule has 1 heteroatoms. The van der Waals surface area contributed by atoms with Gasteiger partial charge in [0.2, 0.25) is 0 Å². The lowest BCUT2D eigenvalue weighted by Gasteiger charge is -2.45. The Kier molecular flexibility index (Phi) is 3.16. The van der Waals surface area contributed by atoms with E-state index in [1.807, 2.05) is 0 Å². The van der Waals surface area contributed by atoms with E-state index in [9.17, 15) is 0 Å². The summed E-state index contributed by atoms with van der Waals surface area (Å²) in [5, 5.41) is 0. The number of likely N-dealkylation sites (tertiary alicyclic amines) is 1. The summed E-state index contributed by atoms with van der Waals surface area (Å²) in [6.07, 6.45) is 5.48. The minimum atomic E-state index is 0.417. The first kappa shape index (κ1) is 10.0. The highest BCUT2D eigenvalue weighted by Gasteiger charge is 2.30. The van der Waals surface area contributed by atoms with E-state index in [0.717, 1.165) is 6.04 Å².